The Morgan fingerprint density at radius 2 is 2.00 bits per heavy atom. The molecule has 82 valence electrons. The molecule has 2 rings (SSSR count). The van der Waals surface area contributed by atoms with E-state index < -0.39 is 0 Å². The smallest absolute Gasteiger partial charge is 0.251 e. The van der Waals surface area contributed by atoms with Gasteiger partial charge in [-0.2, -0.15) is 0 Å². The molecule has 15 heavy (non-hydrogen) atoms. The highest BCUT2D eigenvalue weighted by atomic mass is 32.1. The maximum absolute atomic E-state index is 11.2. The third-order valence-electron chi connectivity index (χ3n) is 3.05. The first-order chi connectivity index (χ1) is 7.24. The predicted octanol–water partition coefficient (Wildman–Crippen LogP) is 2.56. The van der Waals surface area contributed by atoms with E-state index in [1.807, 2.05) is 0 Å². The summed E-state index contributed by atoms with van der Waals surface area (Å²) in [5.41, 5.74) is 0.889. The molecule has 1 fully saturated rings. The van der Waals surface area contributed by atoms with Crippen molar-refractivity contribution in [2.45, 2.75) is 38.5 Å². The summed E-state index contributed by atoms with van der Waals surface area (Å²) in [5, 5.41) is 0. The Morgan fingerprint density at radius 3 is 2.67 bits per heavy atom. The van der Waals surface area contributed by atoms with E-state index in [0.717, 1.165) is 18.0 Å². The van der Waals surface area contributed by atoms with E-state index in [4.69, 9.17) is 12.2 Å². The monoisotopic (exact) mass is 224 g/mol. The van der Waals surface area contributed by atoms with Gasteiger partial charge in [0.15, 0.2) is 4.77 Å². The van der Waals surface area contributed by atoms with Crippen molar-refractivity contribution in [2.24, 2.45) is 5.92 Å². The normalized spacial score (nSPS) is 17.9. The van der Waals surface area contributed by atoms with Gasteiger partial charge in [0.05, 0.1) is 0 Å². The summed E-state index contributed by atoms with van der Waals surface area (Å²) in [7, 11) is 0. The number of hydrogen-bond acceptors (Lipinski definition) is 2. The first-order valence-electron chi connectivity index (χ1n) is 5.56. The molecule has 4 heteroatoms. The van der Waals surface area contributed by atoms with Crippen molar-refractivity contribution >= 4 is 12.2 Å². The van der Waals surface area contributed by atoms with Crippen LogP contribution in [0.5, 0.6) is 0 Å². The van der Waals surface area contributed by atoms with Crippen LogP contribution in [0.2, 0.25) is 0 Å². The molecule has 1 aromatic rings. The summed E-state index contributed by atoms with van der Waals surface area (Å²) >= 11 is 4.94. The zero-order valence-corrected chi connectivity index (χ0v) is 9.53. The van der Waals surface area contributed by atoms with E-state index in [9.17, 15) is 4.79 Å². The van der Waals surface area contributed by atoms with Gasteiger partial charge in [0.2, 0.25) is 0 Å². The van der Waals surface area contributed by atoms with Gasteiger partial charge in [0, 0.05) is 11.8 Å². The van der Waals surface area contributed by atoms with Crippen LogP contribution < -0.4 is 5.56 Å². The molecule has 3 nitrogen and oxygen atoms in total. The van der Waals surface area contributed by atoms with Crippen LogP contribution in [0.3, 0.4) is 0 Å². The van der Waals surface area contributed by atoms with Crippen molar-refractivity contribution in [2.75, 3.05) is 0 Å². The number of H-pyrrole nitrogens is 2. The van der Waals surface area contributed by atoms with Crippen LogP contribution in [0.1, 0.15) is 37.8 Å². The second kappa shape index (κ2) is 4.75. The molecule has 2 N–H and O–H groups in total. The Morgan fingerprint density at radius 1 is 1.27 bits per heavy atom. The average molecular weight is 224 g/mol. The van der Waals surface area contributed by atoms with E-state index in [1.165, 1.54) is 32.1 Å². The van der Waals surface area contributed by atoms with Gasteiger partial charge in [-0.05, 0) is 24.6 Å². The van der Waals surface area contributed by atoms with Crippen LogP contribution in [0.25, 0.3) is 0 Å². The highest BCUT2D eigenvalue weighted by Crippen LogP contribution is 2.25. The van der Waals surface area contributed by atoms with Crippen molar-refractivity contribution < 1.29 is 0 Å². The van der Waals surface area contributed by atoms with Crippen molar-refractivity contribution in [3.8, 4) is 0 Å². The van der Waals surface area contributed by atoms with Crippen molar-refractivity contribution in [1.82, 2.24) is 9.97 Å². The topological polar surface area (TPSA) is 48.6 Å². The standard InChI is InChI=1S/C11H16N2OS/c14-10-7-9(12-11(15)13-10)6-8-4-2-1-3-5-8/h7-8H,1-6H2,(H2,12,13,14,15). The lowest BCUT2D eigenvalue weighted by atomic mass is 9.86. The molecule has 0 atom stereocenters. The molecule has 1 saturated carbocycles. The maximum atomic E-state index is 11.2. The molecule has 0 bridgehead atoms. The number of aromatic nitrogens is 2. The highest BCUT2D eigenvalue weighted by Gasteiger charge is 2.14. The Labute approximate surface area is 93.9 Å². The lowest BCUT2D eigenvalue weighted by Gasteiger charge is -2.21. The zero-order valence-electron chi connectivity index (χ0n) is 8.71. The quantitative estimate of drug-likeness (QED) is 0.758. The van der Waals surface area contributed by atoms with Gasteiger partial charge >= 0.3 is 0 Å². The largest absolute Gasteiger partial charge is 0.336 e. The molecule has 1 heterocycles. The van der Waals surface area contributed by atoms with Crippen molar-refractivity contribution in [3.63, 3.8) is 0 Å². The fraction of sp³-hybridized carbons (Fsp3) is 0.636. The molecule has 1 aliphatic rings. The molecule has 1 aliphatic carbocycles. The number of aromatic amines is 2. The fourth-order valence-electron chi connectivity index (χ4n) is 2.33. The molecule has 0 radical (unpaired) electrons. The van der Waals surface area contributed by atoms with Gasteiger partial charge in [0.25, 0.3) is 5.56 Å². The lowest BCUT2D eigenvalue weighted by molar-refractivity contribution is 0.354. The molecule has 0 spiro atoms. The van der Waals surface area contributed by atoms with E-state index in [-0.39, 0.29) is 5.56 Å². The van der Waals surface area contributed by atoms with Gasteiger partial charge < -0.3 is 4.98 Å². The van der Waals surface area contributed by atoms with Gasteiger partial charge in [-0.3, -0.25) is 9.78 Å². The number of hydrogen-bond donors (Lipinski definition) is 2. The Hall–Kier alpha value is -0.900. The van der Waals surface area contributed by atoms with Gasteiger partial charge in [-0.1, -0.05) is 32.1 Å². The molecular formula is C11H16N2OS. The summed E-state index contributed by atoms with van der Waals surface area (Å²) in [5.74, 6) is 0.728. The SMILES string of the molecule is O=c1cc(CC2CCCCC2)[nH]c(=S)[nH]1. The molecule has 0 amide bonds. The average Bonchev–Trinajstić information content (AvgIpc) is 2.17. The highest BCUT2D eigenvalue weighted by molar-refractivity contribution is 7.71. The predicted molar refractivity (Wildman–Crippen MR) is 62.5 cm³/mol. The molecular weight excluding hydrogens is 208 g/mol. The molecule has 0 aliphatic heterocycles. The summed E-state index contributed by atoms with van der Waals surface area (Å²) in [6, 6.07) is 1.63. The summed E-state index contributed by atoms with van der Waals surface area (Å²) < 4.78 is 0.438. The molecule has 0 aromatic carbocycles. The van der Waals surface area contributed by atoms with E-state index in [1.54, 1.807) is 6.07 Å². The minimum Gasteiger partial charge on any atom is -0.336 e. The zero-order chi connectivity index (χ0) is 10.7. The van der Waals surface area contributed by atoms with Crippen LogP contribution in [0, 0.1) is 10.7 Å². The summed E-state index contributed by atoms with van der Waals surface area (Å²) in [6.07, 6.45) is 7.55. The van der Waals surface area contributed by atoms with Gasteiger partial charge in [0.1, 0.15) is 0 Å². The first-order valence-corrected chi connectivity index (χ1v) is 5.97. The maximum Gasteiger partial charge on any atom is 0.251 e. The third kappa shape index (κ3) is 3.02. The lowest BCUT2D eigenvalue weighted by Crippen LogP contribution is -2.14. The van der Waals surface area contributed by atoms with Crippen LogP contribution >= 0.6 is 12.2 Å². The third-order valence-corrected chi connectivity index (χ3v) is 3.25. The van der Waals surface area contributed by atoms with E-state index >= 15 is 0 Å². The van der Waals surface area contributed by atoms with Crippen molar-refractivity contribution in [1.29, 1.82) is 0 Å². The summed E-state index contributed by atoms with van der Waals surface area (Å²) in [6.45, 7) is 0. The Balaban J connectivity index is 2.09. The van der Waals surface area contributed by atoms with Gasteiger partial charge in [-0.15, -0.1) is 0 Å². The Bertz CT molecular complexity index is 400. The van der Waals surface area contributed by atoms with Crippen LogP contribution in [-0.2, 0) is 6.42 Å². The van der Waals surface area contributed by atoms with Crippen LogP contribution in [0.15, 0.2) is 10.9 Å². The number of nitrogens with one attached hydrogen (secondary N) is 2. The van der Waals surface area contributed by atoms with E-state index in [0.29, 0.717) is 4.77 Å². The minimum atomic E-state index is -0.0930. The molecule has 0 unspecified atom stereocenters. The molecule has 1 aromatic heterocycles. The summed E-state index contributed by atoms with van der Waals surface area (Å²) in [4.78, 5) is 16.8. The molecule has 0 saturated heterocycles. The van der Waals surface area contributed by atoms with E-state index in [2.05, 4.69) is 9.97 Å². The fourth-order valence-corrected chi connectivity index (χ4v) is 2.56. The van der Waals surface area contributed by atoms with Gasteiger partial charge in [-0.25, -0.2) is 0 Å². The second-order valence-corrected chi connectivity index (χ2v) is 4.73. The number of rotatable bonds is 2. The first kappa shape index (κ1) is 10.6. The van der Waals surface area contributed by atoms with Crippen LogP contribution in [-0.4, -0.2) is 9.97 Å². The van der Waals surface area contributed by atoms with Crippen molar-refractivity contribution in [3.05, 3.63) is 26.9 Å². The van der Waals surface area contributed by atoms with Crippen LogP contribution in [0.4, 0.5) is 0 Å². The Kier molecular flexibility index (Phi) is 3.36. The minimum absolute atomic E-state index is 0.0930. The second-order valence-electron chi connectivity index (χ2n) is 4.32.